The molecule has 0 N–H and O–H groups in total. The molecule has 0 heterocycles. The van der Waals surface area contributed by atoms with Gasteiger partial charge in [0.1, 0.15) is 0 Å². The summed E-state index contributed by atoms with van der Waals surface area (Å²) in [7, 11) is 0. The molecule has 2 heteroatoms. The summed E-state index contributed by atoms with van der Waals surface area (Å²) < 4.78 is 0. The molecule has 12 rings (SSSR count). The van der Waals surface area contributed by atoms with Crippen LogP contribution in [0.4, 0.5) is 34.1 Å². The van der Waals surface area contributed by atoms with E-state index in [0.717, 1.165) is 22.7 Å². The molecule has 0 bridgehead atoms. The van der Waals surface area contributed by atoms with E-state index in [2.05, 4.69) is 273 Å². The van der Waals surface area contributed by atoms with Crippen LogP contribution in [0.15, 0.2) is 243 Å². The number of aryl methyl sites for hydroxylation is 1. The molecule has 2 aliphatic carbocycles. The Bertz CT molecular complexity index is 3460. The fourth-order valence-corrected chi connectivity index (χ4v) is 11.9. The van der Waals surface area contributed by atoms with E-state index in [1.54, 1.807) is 0 Å². The Morgan fingerprint density at radius 2 is 0.792 bits per heavy atom. The summed E-state index contributed by atoms with van der Waals surface area (Å²) in [5.74, 6) is 0.542. The number of nitrogens with zero attached hydrogens (tertiary/aromatic N) is 2. The van der Waals surface area contributed by atoms with Crippen molar-refractivity contribution in [2.45, 2.75) is 64.2 Å². The SMILES string of the molecule is Cc1cccc2c1-c1ccc(N(c3ccc(-c4cc(-c5ccccc5)c(-c5ccc(N(c6ccccc6)c6ccccc6)cc5)cc4-c4ccccc4)cc3)c3ccccc3C3CCCCC3)cc1C2(C)C. The fourth-order valence-electron chi connectivity index (χ4n) is 11.9. The highest BCUT2D eigenvalue weighted by molar-refractivity contribution is 5.96. The Morgan fingerprint density at radius 1 is 0.347 bits per heavy atom. The van der Waals surface area contributed by atoms with Gasteiger partial charge in [-0.25, -0.2) is 0 Å². The fraction of sp³-hybridized carbons (Fsp3) is 0.143. The van der Waals surface area contributed by atoms with E-state index in [4.69, 9.17) is 0 Å². The van der Waals surface area contributed by atoms with Crippen LogP contribution in [0, 0.1) is 6.92 Å². The number of para-hydroxylation sites is 3. The lowest BCUT2D eigenvalue weighted by Gasteiger charge is -2.32. The second kappa shape index (κ2) is 19.2. The monoisotopic (exact) mass is 928 g/mol. The molecule has 10 aromatic rings. The van der Waals surface area contributed by atoms with Crippen molar-refractivity contribution in [3.05, 3.63) is 265 Å². The molecule has 1 saturated carbocycles. The molecule has 0 spiro atoms. The molecule has 0 aliphatic heterocycles. The molecule has 2 aliphatic rings. The number of hydrogen-bond acceptors (Lipinski definition) is 2. The van der Waals surface area contributed by atoms with Gasteiger partial charge in [0.2, 0.25) is 0 Å². The molecule has 2 nitrogen and oxygen atoms in total. The van der Waals surface area contributed by atoms with Crippen LogP contribution in [0.1, 0.15) is 74.1 Å². The minimum absolute atomic E-state index is 0.117. The van der Waals surface area contributed by atoms with Crippen LogP contribution in [0.25, 0.3) is 55.6 Å². The average molecular weight is 929 g/mol. The standard InChI is InChI=1S/C70H60N2/c1-49-22-21-34-66-69(49)61-45-44-59(46-67(61)70(66,2)3)72(68-35-20-19-33-60(68)50-23-9-4-10-24-50)58-42-38-54(39-43-58)65-48-62(51-25-11-5-12-26-51)64(47-63(65)52-27-13-6-14-28-52)53-36-40-57(41-37-53)71(55-29-15-7-16-30-55)56-31-17-8-18-32-56/h5-8,11-22,25-48,50H,4,9-10,23-24H2,1-3H3. The summed E-state index contributed by atoms with van der Waals surface area (Å²) in [4.78, 5) is 4.88. The van der Waals surface area contributed by atoms with Crippen molar-refractivity contribution in [2.24, 2.45) is 0 Å². The predicted molar refractivity (Wildman–Crippen MR) is 306 cm³/mol. The van der Waals surface area contributed by atoms with Crippen molar-refractivity contribution in [2.75, 3.05) is 9.80 Å². The minimum Gasteiger partial charge on any atom is -0.311 e. The molecule has 0 unspecified atom stereocenters. The lowest BCUT2D eigenvalue weighted by atomic mass is 9.81. The number of benzene rings is 10. The zero-order valence-electron chi connectivity index (χ0n) is 41.6. The quantitative estimate of drug-likeness (QED) is 0.128. The molecular formula is C70H60N2. The van der Waals surface area contributed by atoms with Crippen LogP contribution >= 0.6 is 0 Å². The third kappa shape index (κ3) is 8.31. The van der Waals surface area contributed by atoms with E-state index in [0.29, 0.717) is 5.92 Å². The first-order valence-electron chi connectivity index (χ1n) is 25.9. The lowest BCUT2D eigenvalue weighted by molar-refractivity contribution is 0.444. The van der Waals surface area contributed by atoms with Crippen molar-refractivity contribution in [3.63, 3.8) is 0 Å². The summed E-state index contributed by atoms with van der Waals surface area (Å²) in [6.07, 6.45) is 6.38. The highest BCUT2D eigenvalue weighted by atomic mass is 15.1. The van der Waals surface area contributed by atoms with E-state index >= 15 is 0 Å². The third-order valence-corrected chi connectivity index (χ3v) is 15.6. The van der Waals surface area contributed by atoms with E-state index in [-0.39, 0.29) is 5.41 Å². The molecular weight excluding hydrogens is 869 g/mol. The molecule has 0 atom stereocenters. The Kier molecular flexibility index (Phi) is 12.0. The Labute approximate surface area is 426 Å². The molecule has 0 amide bonds. The normalized spacial score (nSPS) is 13.8. The third-order valence-electron chi connectivity index (χ3n) is 15.6. The Morgan fingerprint density at radius 3 is 1.33 bits per heavy atom. The van der Waals surface area contributed by atoms with Crippen LogP contribution in [0.2, 0.25) is 0 Å². The topological polar surface area (TPSA) is 6.48 Å². The molecule has 72 heavy (non-hydrogen) atoms. The summed E-state index contributed by atoms with van der Waals surface area (Å²) in [5, 5.41) is 0. The number of fused-ring (bicyclic) bond motifs is 3. The Balaban J connectivity index is 0.993. The maximum atomic E-state index is 2.55. The number of rotatable bonds is 11. The van der Waals surface area contributed by atoms with Gasteiger partial charge >= 0.3 is 0 Å². The van der Waals surface area contributed by atoms with Crippen LogP contribution in [-0.2, 0) is 5.41 Å². The van der Waals surface area contributed by atoms with Gasteiger partial charge in [-0.05, 0) is 182 Å². The van der Waals surface area contributed by atoms with Gasteiger partial charge in [-0.1, -0.05) is 197 Å². The zero-order chi connectivity index (χ0) is 48.6. The summed E-state index contributed by atoms with van der Waals surface area (Å²) in [5.41, 5.74) is 24.7. The van der Waals surface area contributed by atoms with Crippen LogP contribution in [0.5, 0.6) is 0 Å². The summed E-state index contributed by atoms with van der Waals surface area (Å²) >= 11 is 0. The van der Waals surface area contributed by atoms with E-state index < -0.39 is 0 Å². The highest BCUT2D eigenvalue weighted by Crippen LogP contribution is 2.53. The largest absolute Gasteiger partial charge is 0.311 e. The first-order chi connectivity index (χ1) is 35.4. The van der Waals surface area contributed by atoms with Gasteiger partial charge in [-0.2, -0.15) is 0 Å². The van der Waals surface area contributed by atoms with Gasteiger partial charge in [0, 0.05) is 39.5 Å². The van der Waals surface area contributed by atoms with Gasteiger partial charge in [-0.3, -0.25) is 0 Å². The van der Waals surface area contributed by atoms with E-state index in [9.17, 15) is 0 Å². The molecule has 1 fully saturated rings. The van der Waals surface area contributed by atoms with Gasteiger partial charge in [0.25, 0.3) is 0 Å². The number of anilines is 6. The van der Waals surface area contributed by atoms with Crippen molar-refractivity contribution < 1.29 is 0 Å². The summed E-state index contributed by atoms with van der Waals surface area (Å²) in [6.45, 7) is 7.06. The maximum absolute atomic E-state index is 2.55. The molecule has 10 aromatic carbocycles. The van der Waals surface area contributed by atoms with E-state index in [1.807, 2.05) is 0 Å². The molecule has 0 aromatic heterocycles. The zero-order valence-corrected chi connectivity index (χ0v) is 41.6. The smallest absolute Gasteiger partial charge is 0.0496 e. The second-order valence-corrected chi connectivity index (χ2v) is 20.4. The molecule has 0 radical (unpaired) electrons. The maximum Gasteiger partial charge on any atom is 0.0496 e. The van der Waals surface area contributed by atoms with Gasteiger partial charge in [-0.15, -0.1) is 0 Å². The van der Waals surface area contributed by atoms with Crippen LogP contribution in [-0.4, -0.2) is 0 Å². The lowest BCUT2D eigenvalue weighted by Crippen LogP contribution is -2.18. The first-order valence-corrected chi connectivity index (χ1v) is 25.9. The Hall–Kier alpha value is -8.20. The van der Waals surface area contributed by atoms with Crippen molar-refractivity contribution in [1.29, 1.82) is 0 Å². The van der Waals surface area contributed by atoms with E-state index in [1.165, 1.54) is 121 Å². The highest BCUT2D eigenvalue weighted by Gasteiger charge is 2.37. The average Bonchev–Trinajstić information content (AvgIpc) is 3.68. The second-order valence-electron chi connectivity index (χ2n) is 20.4. The van der Waals surface area contributed by atoms with Gasteiger partial charge in [0.05, 0.1) is 0 Å². The van der Waals surface area contributed by atoms with Crippen molar-refractivity contribution in [1.82, 2.24) is 0 Å². The van der Waals surface area contributed by atoms with Crippen molar-refractivity contribution >= 4 is 34.1 Å². The van der Waals surface area contributed by atoms with Crippen LogP contribution in [0.3, 0.4) is 0 Å². The molecule has 0 saturated heterocycles. The van der Waals surface area contributed by atoms with Gasteiger partial charge < -0.3 is 9.80 Å². The first kappa shape index (κ1) is 45.0. The molecule has 350 valence electrons. The van der Waals surface area contributed by atoms with Crippen LogP contribution < -0.4 is 9.80 Å². The predicted octanol–water partition coefficient (Wildman–Crippen LogP) is 20.0. The van der Waals surface area contributed by atoms with Gasteiger partial charge in [0.15, 0.2) is 0 Å². The number of hydrogen-bond donors (Lipinski definition) is 0. The minimum atomic E-state index is -0.117. The summed E-state index contributed by atoms with van der Waals surface area (Å²) in [6, 6.07) is 89.8. The van der Waals surface area contributed by atoms with Crippen molar-refractivity contribution in [3.8, 4) is 55.6 Å².